The van der Waals surface area contributed by atoms with Gasteiger partial charge in [-0.05, 0) is 17.7 Å². The zero-order chi connectivity index (χ0) is 14.1. The van der Waals surface area contributed by atoms with E-state index in [4.69, 9.17) is 4.74 Å². The molecule has 19 heavy (non-hydrogen) atoms. The Kier molecular flexibility index (Phi) is 3.40. The number of hydrogen-bond acceptors (Lipinski definition) is 4. The van der Waals surface area contributed by atoms with Gasteiger partial charge in [-0.1, -0.05) is 12.1 Å². The fourth-order valence-electron chi connectivity index (χ4n) is 1.82. The summed E-state index contributed by atoms with van der Waals surface area (Å²) in [6.45, 7) is 0.308. The smallest absolute Gasteiger partial charge is 0.490 e. The van der Waals surface area contributed by atoms with E-state index in [2.05, 4.69) is 10.1 Å². The van der Waals surface area contributed by atoms with Gasteiger partial charge < -0.3 is 14.8 Å². The van der Waals surface area contributed by atoms with Gasteiger partial charge in [-0.15, -0.1) is 0 Å². The summed E-state index contributed by atoms with van der Waals surface area (Å²) >= 11 is 0. The quantitative estimate of drug-likeness (QED) is 0.851. The molecular weight excluding hydrogens is 263 g/mol. The van der Waals surface area contributed by atoms with E-state index in [-0.39, 0.29) is 13.1 Å². The Morgan fingerprint density at radius 1 is 1.26 bits per heavy atom. The lowest BCUT2D eigenvalue weighted by molar-refractivity contribution is -0.219. The number of esters is 1. The predicted octanol–water partition coefficient (Wildman–Crippen LogP) is 1.60. The predicted molar refractivity (Wildman–Crippen MR) is 59.7 cm³/mol. The van der Waals surface area contributed by atoms with Gasteiger partial charge in [0, 0.05) is 13.1 Å². The first kappa shape index (κ1) is 13.7. The third kappa shape index (κ3) is 2.65. The molecule has 0 atom stereocenters. The first-order valence-electron chi connectivity index (χ1n) is 5.53. The second-order valence-corrected chi connectivity index (χ2v) is 4.21. The van der Waals surface area contributed by atoms with Gasteiger partial charge in [0.05, 0.1) is 7.11 Å². The van der Waals surface area contributed by atoms with Crippen LogP contribution in [0.2, 0.25) is 0 Å². The molecule has 0 spiro atoms. The molecule has 1 N–H and O–H groups in total. The first-order chi connectivity index (χ1) is 8.87. The van der Waals surface area contributed by atoms with Crippen LogP contribution in [0.5, 0.6) is 5.75 Å². The minimum atomic E-state index is -4.99. The summed E-state index contributed by atoms with van der Waals surface area (Å²) in [5.41, 5.74) is -0.747. The monoisotopic (exact) mass is 275 g/mol. The van der Waals surface area contributed by atoms with Crippen molar-refractivity contribution in [2.45, 2.75) is 11.8 Å². The zero-order valence-corrected chi connectivity index (χ0v) is 10.1. The van der Waals surface area contributed by atoms with Gasteiger partial charge in [-0.2, -0.15) is 13.2 Å². The highest BCUT2D eigenvalue weighted by molar-refractivity contribution is 5.76. The number of benzene rings is 1. The zero-order valence-electron chi connectivity index (χ0n) is 10.1. The summed E-state index contributed by atoms with van der Waals surface area (Å²) in [6, 6.07) is 6.39. The van der Waals surface area contributed by atoms with Crippen molar-refractivity contribution in [1.29, 1.82) is 0 Å². The van der Waals surface area contributed by atoms with Crippen molar-refractivity contribution in [3.05, 3.63) is 29.8 Å². The largest absolute Gasteiger partial charge is 0.497 e. The van der Waals surface area contributed by atoms with Crippen LogP contribution in [-0.2, 0) is 15.1 Å². The third-order valence-electron chi connectivity index (χ3n) is 2.96. The first-order valence-corrected chi connectivity index (χ1v) is 5.53. The van der Waals surface area contributed by atoms with E-state index >= 15 is 0 Å². The Hall–Kier alpha value is -1.76. The van der Waals surface area contributed by atoms with E-state index in [1.807, 2.05) is 0 Å². The Morgan fingerprint density at radius 2 is 1.84 bits per heavy atom. The maximum Gasteiger partial charge on any atom is 0.490 e. The second-order valence-electron chi connectivity index (χ2n) is 4.21. The highest BCUT2D eigenvalue weighted by Gasteiger charge is 2.50. The van der Waals surface area contributed by atoms with Crippen molar-refractivity contribution in [3.63, 3.8) is 0 Å². The Morgan fingerprint density at radius 3 is 2.21 bits per heavy atom. The van der Waals surface area contributed by atoms with Crippen LogP contribution < -0.4 is 10.1 Å². The lowest BCUT2D eigenvalue weighted by atomic mass is 9.88. The van der Waals surface area contributed by atoms with Crippen LogP contribution in [0.25, 0.3) is 0 Å². The average Bonchev–Trinajstić information content (AvgIpc) is 2.32. The van der Waals surface area contributed by atoms with E-state index in [1.165, 1.54) is 7.11 Å². The molecule has 1 fully saturated rings. The molecule has 0 saturated carbocycles. The number of ether oxygens (including phenoxy) is 2. The van der Waals surface area contributed by atoms with Gasteiger partial charge in [0.2, 0.25) is 0 Å². The average molecular weight is 275 g/mol. The van der Waals surface area contributed by atoms with Gasteiger partial charge in [-0.25, -0.2) is 4.79 Å². The van der Waals surface area contributed by atoms with Crippen molar-refractivity contribution in [1.82, 2.24) is 5.32 Å². The number of hydrogen-bond donors (Lipinski definition) is 1. The highest BCUT2D eigenvalue weighted by atomic mass is 19.4. The SMILES string of the molecule is COc1ccc(C2(OC(=O)C(F)(F)F)CNC2)cc1. The minimum absolute atomic E-state index is 0.154. The van der Waals surface area contributed by atoms with Crippen LogP contribution in [0.3, 0.4) is 0 Å². The summed E-state index contributed by atoms with van der Waals surface area (Å²) in [7, 11) is 1.49. The maximum atomic E-state index is 12.3. The topological polar surface area (TPSA) is 47.6 Å². The fraction of sp³-hybridized carbons (Fsp3) is 0.417. The fourth-order valence-corrected chi connectivity index (χ4v) is 1.82. The van der Waals surface area contributed by atoms with Gasteiger partial charge >= 0.3 is 12.1 Å². The molecule has 0 radical (unpaired) electrons. The maximum absolute atomic E-state index is 12.3. The molecule has 0 bridgehead atoms. The highest BCUT2D eigenvalue weighted by Crippen LogP contribution is 2.33. The van der Waals surface area contributed by atoms with Crippen LogP contribution >= 0.6 is 0 Å². The summed E-state index contributed by atoms with van der Waals surface area (Å²) in [6.07, 6.45) is -4.99. The molecule has 4 nitrogen and oxygen atoms in total. The van der Waals surface area contributed by atoms with E-state index in [9.17, 15) is 18.0 Å². The summed E-state index contributed by atoms with van der Waals surface area (Å²) in [4.78, 5) is 11.0. The molecule has 0 aliphatic carbocycles. The van der Waals surface area contributed by atoms with Crippen molar-refractivity contribution < 1.29 is 27.4 Å². The number of carbonyl (C=O) groups excluding carboxylic acids is 1. The van der Waals surface area contributed by atoms with Crippen molar-refractivity contribution >= 4 is 5.97 Å². The molecular formula is C12H12F3NO3. The molecule has 1 heterocycles. The second kappa shape index (κ2) is 4.73. The van der Waals surface area contributed by atoms with Crippen molar-refractivity contribution in [3.8, 4) is 5.75 Å². The Labute approximate surface area is 107 Å². The van der Waals surface area contributed by atoms with E-state index in [1.54, 1.807) is 24.3 Å². The summed E-state index contributed by atoms with van der Waals surface area (Å²) < 4.78 is 46.4. The normalized spacial score (nSPS) is 17.5. The van der Waals surface area contributed by atoms with Gasteiger partial charge in [0.15, 0.2) is 5.60 Å². The van der Waals surface area contributed by atoms with Crippen LogP contribution in [0.1, 0.15) is 5.56 Å². The van der Waals surface area contributed by atoms with Gasteiger partial charge in [0.25, 0.3) is 0 Å². The number of halogens is 3. The van der Waals surface area contributed by atoms with E-state index in [0.717, 1.165) is 0 Å². The molecule has 0 aromatic heterocycles. The standard InChI is InChI=1S/C12H12F3NO3/c1-18-9-4-2-8(3-5-9)11(6-16-7-11)19-10(17)12(13,14)15/h2-5,16H,6-7H2,1H3. The number of rotatable bonds is 3. The van der Waals surface area contributed by atoms with E-state index < -0.39 is 17.7 Å². The number of methoxy groups -OCH3 is 1. The summed E-state index contributed by atoms with van der Waals surface area (Å²) in [5.74, 6) is -1.60. The molecule has 0 amide bonds. The lowest BCUT2D eigenvalue weighted by Crippen LogP contribution is -2.60. The molecule has 1 aliphatic heterocycles. The summed E-state index contributed by atoms with van der Waals surface area (Å²) in [5, 5.41) is 2.81. The number of alkyl halides is 3. The van der Waals surface area contributed by atoms with Crippen molar-refractivity contribution in [2.75, 3.05) is 20.2 Å². The molecule has 104 valence electrons. The molecule has 2 rings (SSSR count). The Balaban J connectivity index is 2.20. The van der Waals surface area contributed by atoms with Gasteiger partial charge in [-0.3, -0.25) is 0 Å². The molecule has 1 aromatic rings. The Bertz CT molecular complexity index is 466. The molecule has 1 aliphatic rings. The molecule has 1 saturated heterocycles. The van der Waals surface area contributed by atoms with Gasteiger partial charge in [0.1, 0.15) is 5.75 Å². The number of carbonyl (C=O) groups is 1. The molecule has 0 unspecified atom stereocenters. The lowest BCUT2D eigenvalue weighted by Gasteiger charge is -2.42. The van der Waals surface area contributed by atoms with Crippen molar-refractivity contribution in [2.24, 2.45) is 0 Å². The van der Waals surface area contributed by atoms with Crippen LogP contribution in [0, 0.1) is 0 Å². The number of nitrogens with one attached hydrogen (secondary N) is 1. The van der Waals surface area contributed by atoms with E-state index in [0.29, 0.717) is 11.3 Å². The van der Waals surface area contributed by atoms with Crippen LogP contribution in [-0.4, -0.2) is 32.3 Å². The minimum Gasteiger partial charge on any atom is -0.497 e. The molecule has 1 aromatic carbocycles. The van der Waals surface area contributed by atoms with Crippen LogP contribution in [0.15, 0.2) is 24.3 Å². The molecule has 7 heteroatoms. The third-order valence-corrected chi connectivity index (χ3v) is 2.96. The van der Waals surface area contributed by atoms with Crippen LogP contribution in [0.4, 0.5) is 13.2 Å².